The zero-order valence-electron chi connectivity index (χ0n) is 16.0. The molecule has 1 N–H and O–H groups in total. The number of rotatable bonds is 5. The molecule has 1 amide bonds. The molecule has 1 aromatic carbocycles. The van der Waals surface area contributed by atoms with Gasteiger partial charge < -0.3 is 9.88 Å². The van der Waals surface area contributed by atoms with E-state index in [4.69, 9.17) is 0 Å². The number of nitrogens with zero attached hydrogens (tertiary/aromatic N) is 2. The van der Waals surface area contributed by atoms with E-state index in [1.54, 1.807) is 30.6 Å². The van der Waals surface area contributed by atoms with E-state index in [2.05, 4.69) is 30.2 Å². The average Bonchev–Trinajstić information content (AvgIpc) is 2.88. The van der Waals surface area contributed by atoms with E-state index < -0.39 is 6.04 Å². The predicted molar refractivity (Wildman–Crippen MR) is 99.8 cm³/mol. The Morgan fingerprint density at radius 1 is 1.35 bits per heavy atom. The molecule has 138 valence electrons. The molecule has 0 unspecified atom stereocenters. The van der Waals surface area contributed by atoms with E-state index in [0.717, 1.165) is 0 Å². The number of imidazole rings is 1. The van der Waals surface area contributed by atoms with Crippen molar-refractivity contribution in [3.8, 4) is 0 Å². The van der Waals surface area contributed by atoms with E-state index in [1.165, 1.54) is 11.6 Å². The summed E-state index contributed by atoms with van der Waals surface area (Å²) in [6.45, 7) is 8.28. The number of hydrogen-bond donors (Lipinski definition) is 1. The lowest BCUT2D eigenvalue weighted by Gasteiger charge is -2.20. The molecular formula is C21H26FN3O. The fraction of sp³-hybridized carbons (Fsp3) is 0.429. The van der Waals surface area contributed by atoms with Crippen LogP contribution in [0.3, 0.4) is 0 Å². The van der Waals surface area contributed by atoms with Crippen LogP contribution in [0.5, 0.6) is 0 Å². The van der Waals surface area contributed by atoms with Crippen molar-refractivity contribution < 1.29 is 9.18 Å². The van der Waals surface area contributed by atoms with E-state index >= 15 is 0 Å². The number of allylic oxidation sites excluding steroid dienone is 2. The first-order chi connectivity index (χ1) is 12.2. The summed E-state index contributed by atoms with van der Waals surface area (Å²) >= 11 is 0. The van der Waals surface area contributed by atoms with Crippen LogP contribution in [-0.4, -0.2) is 15.5 Å². The Balaban J connectivity index is 1.90. The van der Waals surface area contributed by atoms with Crippen molar-refractivity contribution in [3.63, 3.8) is 0 Å². The number of nitrogens with one attached hydrogen (secondary N) is 1. The van der Waals surface area contributed by atoms with Crippen molar-refractivity contribution in [2.45, 2.75) is 33.7 Å². The fourth-order valence-corrected chi connectivity index (χ4v) is 3.73. The number of aromatic nitrogens is 2. The molecule has 0 saturated heterocycles. The number of hydrogen-bond acceptors (Lipinski definition) is 2. The molecule has 3 atom stereocenters. The van der Waals surface area contributed by atoms with Gasteiger partial charge in [0, 0.05) is 25.0 Å². The predicted octanol–water partition coefficient (Wildman–Crippen LogP) is 4.00. The molecule has 1 aliphatic carbocycles. The summed E-state index contributed by atoms with van der Waals surface area (Å²) in [7, 11) is 1.84. The quantitative estimate of drug-likeness (QED) is 0.824. The standard InChI is InChI=1S/C21H26FN3O/c1-13(2)12-15-17(21(15,3)4)20(26)24-18(19-23-10-11-25(19)5)14-8-6-7-9-16(14)22/h6-12,15,17-18H,1-5H3,(H,24,26)/t15-,17+,18+/m0/s1. The lowest BCUT2D eigenvalue weighted by molar-refractivity contribution is -0.123. The Bertz CT molecular complexity index is 848. The maximum atomic E-state index is 14.4. The second kappa shape index (κ2) is 6.71. The van der Waals surface area contributed by atoms with Gasteiger partial charge in [-0.3, -0.25) is 4.79 Å². The summed E-state index contributed by atoms with van der Waals surface area (Å²) in [5.41, 5.74) is 1.53. The minimum Gasteiger partial charge on any atom is -0.342 e. The van der Waals surface area contributed by atoms with Crippen molar-refractivity contribution in [2.24, 2.45) is 24.3 Å². The van der Waals surface area contributed by atoms with Gasteiger partial charge in [-0.1, -0.05) is 43.7 Å². The van der Waals surface area contributed by atoms with E-state index in [1.807, 2.05) is 25.5 Å². The molecule has 2 aromatic rings. The molecule has 1 heterocycles. The van der Waals surface area contributed by atoms with Crippen molar-refractivity contribution in [1.82, 2.24) is 14.9 Å². The summed E-state index contributed by atoms with van der Waals surface area (Å²) < 4.78 is 16.2. The molecule has 4 nitrogen and oxygen atoms in total. The smallest absolute Gasteiger partial charge is 0.225 e. The van der Waals surface area contributed by atoms with Gasteiger partial charge in [-0.25, -0.2) is 9.37 Å². The third kappa shape index (κ3) is 3.30. The molecule has 3 rings (SSSR count). The molecule has 0 bridgehead atoms. The fourth-order valence-electron chi connectivity index (χ4n) is 3.73. The summed E-state index contributed by atoms with van der Waals surface area (Å²) in [5.74, 6) is 0.285. The number of carbonyl (C=O) groups is 1. The third-order valence-electron chi connectivity index (χ3n) is 5.33. The van der Waals surface area contributed by atoms with Crippen LogP contribution in [-0.2, 0) is 11.8 Å². The molecule has 5 heteroatoms. The Morgan fingerprint density at radius 3 is 2.62 bits per heavy atom. The van der Waals surface area contributed by atoms with Crippen LogP contribution in [0, 0.1) is 23.1 Å². The average molecular weight is 355 g/mol. The van der Waals surface area contributed by atoms with Crippen molar-refractivity contribution in [2.75, 3.05) is 0 Å². The molecule has 0 spiro atoms. The number of carbonyl (C=O) groups excluding carboxylic acids is 1. The van der Waals surface area contributed by atoms with E-state index in [-0.39, 0.29) is 29.0 Å². The van der Waals surface area contributed by atoms with Crippen LogP contribution in [0.1, 0.15) is 45.1 Å². The minimum absolute atomic E-state index is 0.0613. The van der Waals surface area contributed by atoms with Gasteiger partial charge in [0.25, 0.3) is 0 Å². The van der Waals surface area contributed by atoms with Gasteiger partial charge in [-0.2, -0.15) is 0 Å². The van der Waals surface area contributed by atoms with Gasteiger partial charge >= 0.3 is 0 Å². The zero-order chi connectivity index (χ0) is 19.1. The van der Waals surface area contributed by atoms with Gasteiger partial charge in [-0.05, 0) is 31.2 Å². The molecule has 0 radical (unpaired) electrons. The monoisotopic (exact) mass is 355 g/mol. The van der Waals surface area contributed by atoms with Crippen LogP contribution in [0.15, 0.2) is 48.3 Å². The Morgan fingerprint density at radius 2 is 2.04 bits per heavy atom. The van der Waals surface area contributed by atoms with E-state index in [9.17, 15) is 9.18 Å². The SMILES string of the molecule is CC(C)=C[C@H]1[C@H](C(=O)N[C@H](c2ccccc2F)c2nccn2C)C1(C)C. The molecule has 0 aliphatic heterocycles. The maximum Gasteiger partial charge on any atom is 0.225 e. The zero-order valence-corrected chi connectivity index (χ0v) is 16.0. The van der Waals surface area contributed by atoms with Crippen molar-refractivity contribution in [3.05, 3.63) is 65.5 Å². The maximum absolute atomic E-state index is 14.4. The molecule has 1 saturated carbocycles. The highest BCUT2D eigenvalue weighted by molar-refractivity contribution is 5.84. The number of benzene rings is 1. The molecule has 26 heavy (non-hydrogen) atoms. The van der Waals surface area contributed by atoms with Gasteiger partial charge in [0.1, 0.15) is 17.7 Å². The van der Waals surface area contributed by atoms with Crippen LogP contribution in [0.25, 0.3) is 0 Å². The lowest BCUT2D eigenvalue weighted by atomic mass is 10.0. The minimum atomic E-state index is -0.618. The van der Waals surface area contributed by atoms with E-state index in [0.29, 0.717) is 11.4 Å². The van der Waals surface area contributed by atoms with Crippen LogP contribution >= 0.6 is 0 Å². The summed E-state index contributed by atoms with van der Waals surface area (Å²) in [5, 5.41) is 3.05. The van der Waals surface area contributed by atoms with Crippen LogP contribution < -0.4 is 5.32 Å². The highest BCUT2D eigenvalue weighted by atomic mass is 19.1. The Hall–Kier alpha value is -2.43. The number of amides is 1. The largest absolute Gasteiger partial charge is 0.342 e. The normalized spacial score (nSPS) is 21.8. The Kier molecular flexibility index (Phi) is 4.74. The highest BCUT2D eigenvalue weighted by Gasteiger charge is 2.60. The Labute approximate surface area is 154 Å². The summed E-state index contributed by atoms with van der Waals surface area (Å²) in [4.78, 5) is 17.4. The van der Waals surface area contributed by atoms with Crippen molar-refractivity contribution in [1.29, 1.82) is 0 Å². The summed E-state index contributed by atoms with van der Waals surface area (Å²) in [6, 6.07) is 5.90. The first-order valence-electron chi connectivity index (χ1n) is 8.90. The van der Waals surface area contributed by atoms with Crippen LogP contribution in [0.2, 0.25) is 0 Å². The molecule has 1 aromatic heterocycles. The molecular weight excluding hydrogens is 329 g/mol. The van der Waals surface area contributed by atoms with Gasteiger partial charge in [0.05, 0.1) is 5.92 Å². The van der Waals surface area contributed by atoms with Crippen molar-refractivity contribution >= 4 is 5.91 Å². The highest BCUT2D eigenvalue weighted by Crippen LogP contribution is 2.59. The van der Waals surface area contributed by atoms with Gasteiger partial charge in [0.15, 0.2) is 0 Å². The van der Waals surface area contributed by atoms with Crippen LogP contribution in [0.4, 0.5) is 4.39 Å². The summed E-state index contributed by atoms with van der Waals surface area (Å²) in [6.07, 6.45) is 5.61. The van der Waals surface area contributed by atoms with Gasteiger partial charge in [-0.15, -0.1) is 0 Å². The molecule has 1 aliphatic rings. The first-order valence-corrected chi connectivity index (χ1v) is 8.90. The second-order valence-electron chi connectivity index (χ2n) is 7.93. The van der Waals surface area contributed by atoms with Gasteiger partial charge in [0.2, 0.25) is 5.91 Å². The topological polar surface area (TPSA) is 46.9 Å². The number of aryl methyl sites for hydroxylation is 1. The lowest BCUT2D eigenvalue weighted by Crippen LogP contribution is -2.33. The number of halogens is 1. The molecule has 1 fully saturated rings. The first kappa shape index (κ1) is 18.4. The second-order valence-corrected chi connectivity index (χ2v) is 7.93. The third-order valence-corrected chi connectivity index (χ3v) is 5.33.